The summed E-state index contributed by atoms with van der Waals surface area (Å²) in [7, 11) is 3.67. The molecule has 2 aromatic rings. The van der Waals surface area contributed by atoms with Gasteiger partial charge in [-0.1, -0.05) is 12.1 Å². The summed E-state index contributed by atoms with van der Waals surface area (Å²) < 4.78 is 5.40. The Balaban J connectivity index is 2.45. The first kappa shape index (κ1) is 13.6. The summed E-state index contributed by atoms with van der Waals surface area (Å²) in [5.74, 6) is 0.916. The van der Waals surface area contributed by atoms with Crippen LogP contribution in [0.1, 0.15) is 28.3 Å². The SMILES string of the molecule is CNC(c1ccc(C)c(OC)c1)c1cnccc1C. The second-order valence-electron chi connectivity index (χ2n) is 4.68. The zero-order valence-corrected chi connectivity index (χ0v) is 11.9. The van der Waals surface area contributed by atoms with Gasteiger partial charge in [-0.15, -0.1) is 0 Å². The van der Waals surface area contributed by atoms with Crippen LogP contribution in [0, 0.1) is 13.8 Å². The molecule has 0 saturated heterocycles. The Kier molecular flexibility index (Phi) is 4.17. The molecule has 1 unspecified atom stereocenters. The monoisotopic (exact) mass is 256 g/mol. The van der Waals surface area contributed by atoms with Crippen molar-refractivity contribution < 1.29 is 4.74 Å². The molecule has 0 bridgehead atoms. The Labute approximate surface area is 114 Å². The smallest absolute Gasteiger partial charge is 0.122 e. The summed E-state index contributed by atoms with van der Waals surface area (Å²) in [6.45, 7) is 4.15. The highest BCUT2D eigenvalue weighted by Gasteiger charge is 2.15. The highest BCUT2D eigenvalue weighted by Crippen LogP contribution is 2.28. The summed E-state index contributed by atoms with van der Waals surface area (Å²) in [6.07, 6.45) is 3.74. The number of nitrogens with zero attached hydrogens (tertiary/aromatic N) is 1. The molecule has 19 heavy (non-hydrogen) atoms. The lowest BCUT2D eigenvalue weighted by molar-refractivity contribution is 0.410. The molecule has 0 amide bonds. The fourth-order valence-electron chi connectivity index (χ4n) is 2.30. The van der Waals surface area contributed by atoms with Crippen molar-refractivity contribution in [1.82, 2.24) is 10.3 Å². The lowest BCUT2D eigenvalue weighted by Crippen LogP contribution is -2.19. The van der Waals surface area contributed by atoms with E-state index >= 15 is 0 Å². The van der Waals surface area contributed by atoms with E-state index < -0.39 is 0 Å². The number of aromatic nitrogens is 1. The average Bonchev–Trinajstić information content (AvgIpc) is 2.43. The number of aryl methyl sites for hydroxylation is 2. The minimum Gasteiger partial charge on any atom is -0.496 e. The Bertz CT molecular complexity index is 566. The average molecular weight is 256 g/mol. The van der Waals surface area contributed by atoms with E-state index in [4.69, 9.17) is 4.74 Å². The number of benzene rings is 1. The van der Waals surface area contributed by atoms with E-state index in [1.807, 2.05) is 32.4 Å². The summed E-state index contributed by atoms with van der Waals surface area (Å²) in [5.41, 5.74) is 4.75. The second kappa shape index (κ2) is 5.85. The van der Waals surface area contributed by atoms with E-state index in [1.54, 1.807) is 7.11 Å². The van der Waals surface area contributed by atoms with Gasteiger partial charge in [0.15, 0.2) is 0 Å². The highest BCUT2D eigenvalue weighted by molar-refractivity contribution is 5.42. The Morgan fingerprint density at radius 2 is 1.95 bits per heavy atom. The number of ether oxygens (including phenoxy) is 1. The van der Waals surface area contributed by atoms with Crippen molar-refractivity contribution in [1.29, 1.82) is 0 Å². The fraction of sp³-hybridized carbons (Fsp3) is 0.312. The van der Waals surface area contributed by atoms with E-state index in [0.717, 1.165) is 11.3 Å². The summed E-state index contributed by atoms with van der Waals surface area (Å²) >= 11 is 0. The third kappa shape index (κ3) is 2.76. The minimum absolute atomic E-state index is 0.128. The molecule has 0 spiro atoms. The van der Waals surface area contributed by atoms with Gasteiger partial charge in [0.1, 0.15) is 5.75 Å². The van der Waals surface area contributed by atoms with Crippen LogP contribution in [0.15, 0.2) is 36.7 Å². The van der Waals surface area contributed by atoms with Gasteiger partial charge in [-0.3, -0.25) is 4.98 Å². The Morgan fingerprint density at radius 3 is 2.58 bits per heavy atom. The number of hydrogen-bond donors (Lipinski definition) is 1. The van der Waals surface area contributed by atoms with Gasteiger partial charge >= 0.3 is 0 Å². The number of hydrogen-bond acceptors (Lipinski definition) is 3. The van der Waals surface area contributed by atoms with Gasteiger partial charge in [-0.2, -0.15) is 0 Å². The van der Waals surface area contributed by atoms with Crippen molar-refractivity contribution in [2.24, 2.45) is 0 Å². The molecule has 0 fully saturated rings. The van der Waals surface area contributed by atoms with Crippen LogP contribution < -0.4 is 10.1 Å². The first-order valence-electron chi connectivity index (χ1n) is 6.39. The quantitative estimate of drug-likeness (QED) is 0.913. The molecule has 0 radical (unpaired) electrons. The molecule has 1 aromatic carbocycles. The molecule has 3 heteroatoms. The molecule has 1 atom stereocenters. The lowest BCUT2D eigenvalue weighted by Gasteiger charge is -2.20. The topological polar surface area (TPSA) is 34.1 Å². The number of rotatable bonds is 4. The van der Waals surface area contributed by atoms with Crippen LogP contribution in [0.3, 0.4) is 0 Å². The van der Waals surface area contributed by atoms with Crippen molar-refractivity contribution in [3.05, 3.63) is 58.9 Å². The first-order chi connectivity index (χ1) is 9.17. The molecule has 0 saturated carbocycles. The van der Waals surface area contributed by atoms with E-state index in [1.165, 1.54) is 16.7 Å². The summed E-state index contributed by atoms with van der Waals surface area (Å²) in [5, 5.41) is 3.35. The summed E-state index contributed by atoms with van der Waals surface area (Å²) in [4.78, 5) is 4.23. The Morgan fingerprint density at radius 1 is 1.16 bits per heavy atom. The number of pyridine rings is 1. The molecule has 3 nitrogen and oxygen atoms in total. The molecular formula is C16H20N2O. The van der Waals surface area contributed by atoms with Crippen LogP contribution in [0.25, 0.3) is 0 Å². The van der Waals surface area contributed by atoms with E-state index in [9.17, 15) is 0 Å². The van der Waals surface area contributed by atoms with Crippen LogP contribution in [0.4, 0.5) is 0 Å². The van der Waals surface area contributed by atoms with E-state index in [-0.39, 0.29) is 6.04 Å². The molecule has 0 aliphatic rings. The van der Waals surface area contributed by atoms with Crippen LogP contribution in [0.5, 0.6) is 5.75 Å². The second-order valence-corrected chi connectivity index (χ2v) is 4.68. The maximum Gasteiger partial charge on any atom is 0.122 e. The number of methoxy groups -OCH3 is 1. The number of nitrogens with one attached hydrogen (secondary N) is 1. The van der Waals surface area contributed by atoms with Crippen molar-refractivity contribution >= 4 is 0 Å². The van der Waals surface area contributed by atoms with Crippen LogP contribution in [-0.2, 0) is 0 Å². The first-order valence-corrected chi connectivity index (χ1v) is 6.39. The molecule has 100 valence electrons. The van der Waals surface area contributed by atoms with Gasteiger partial charge in [0, 0.05) is 12.4 Å². The molecule has 1 N–H and O–H groups in total. The third-order valence-electron chi connectivity index (χ3n) is 3.44. The third-order valence-corrected chi connectivity index (χ3v) is 3.44. The normalized spacial score (nSPS) is 12.2. The maximum absolute atomic E-state index is 5.40. The molecule has 1 heterocycles. The lowest BCUT2D eigenvalue weighted by atomic mass is 9.96. The largest absolute Gasteiger partial charge is 0.496 e. The van der Waals surface area contributed by atoms with Crippen molar-refractivity contribution in [2.75, 3.05) is 14.2 Å². The Hall–Kier alpha value is -1.87. The van der Waals surface area contributed by atoms with Gasteiger partial charge < -0.3 is 10.1 Å². The fourth-order valence-corrected chi connectivity index (χ4v) is 2.30. The maximum atomic E-state index is 5.40. The molecule has 1 aromatic heterocycles. The van der Waals surface area contributed by atoms with E-state index in [2.05, 4.69) is 35.4 Å². The van der Waals surface area contributed by atoms with Gasteiger partial charge in [0.05, 0.1) is 13.2 Å². The van der Waals surface area contributed by atoms with Gasteiger partial charge in [0.25, 0.3) is 0 Å². The molecule has 0 aliphatic heterocycles. The van der Waals surface area contributed by atoms with E-state index in [0.29, 0.717) is 0 Å². The molecular weight excluding hydrogens is 236 g/mol. The predicted molar refractivity (Wildman–Crippen MR) is 77.6 cm³/mol. The van der Waals surface area contributed by atoms with Crippen molar-refractivity contribution in [2.45, 2.75) is 19.9 Å². The van der Waals surface area contributed by atoms with Crippen LogP contribution in [-0.4, -0.2) is 19.1 Å². The predicted octanol–water partition coefficient (Wildman–Crippen LogP) is 3.02. The molecule has 0 aliphatic carbocycles. The minimum atomic E-state index is 0.128. The standard InChI is InChI=1S/C16H20N2O/c1-11-7-8-18-10-14(11)16(17-3)13-6-5-12(2)15(9-13)19-4/h5-10,16-17H,1-4H3. The zero-order valence-electron chi connectivity index (χ0n) is 11.9. The highest BCUT2D eigenvalue weighted by atomic mass is 16.5. The van der Waals surface area contributed by atoms with Crippen molar-refractivity contribution in [3.63, 3.8) is 0 Å². The zero-order chi connectivity index (χ0) is 13.8. The van der Waals surface area contributed by atoms with Crippen LogP contribution >= 0.6 is 0 Å². The van der Waals surface area contributed by atoms with Crippen LogP contribution in [0.2, 0.25) is 0 Å². The summed E-state index contributed by atoms with van der Waals surface area (Å²) in [6, 6.07) is 8.46. The van der Waals surface area contributed by atoms with Gasteiger partial charge in [-0.05, 0) is 55.3 Å². The van der Waals surface area contributed by atoms with Gasteiger partial charge in [0.2, 0.25) is 0 Å². The molecule has 2 rings (SSSR count). The van der Waals surface area contributed by atoms with Crippen molar-refractivity contribution in [3.8, 4) is 5.75 Å². The van der Waals surface area contributed by atoms with Gasteiger partial charge in [-0.25, -0.2) is 0 Å².